The number of H-pyrrole nitrogens is 1. The van der Waals surface area contributed by atoms with E-state index in [0.717, 1.165) is 48.2 Å². The highest BCUT2D eigenvalue weighted by atomic mass is 16.3. The number of aromatic amines is 1. The first kappa shape index (κ1) is 23.4. The standard InChI is InChI=1S/C19H23N3O.C9H12/c1-3-11-22(12-4-2)14-9-10-15(18(23)13-14)19-20-16-7-5-6-8-17(16)21-19;1-2-6-9-7-4-3-5-8-9/h5-10,13,23H,3-4,11-12H2,1-2H3,(H,20,21);3-5,7-8H,2,6H2,1H3. The van der Waals surface area contributed by atoms with Gasteiger partial charge in [0, 0.05) is 24.8 Å². The SMILES string of the molecule is CCCN(CCC)c1ccc(-c2nc3ccccc3[nH]2)c(O)c1.CCCc1ccccc1. The molecule has 0 fully saturated rings. The third kappa shape index (κ3) is 6.13. The molecule has 0 atom stereocenters. The number of rotatable bonds is 8. The second-order valence-electron chi connectivity index (χ2n) is 8.03. The molecule has 168 valence electrons. The van der Waals surface area contributed by atoms with E-state index in [1.807, 2.05) is 36.4 Å². The monoisotopic (exact) mass is 429 g/mol. The van der Waals surface area contributed by atoms with Crippen LogP contribution in [0, 0.1) is 0 Å². The zero-order valence-electron chi connectivity index (χ0n) is 19.5. The fourth-order valence-corrected chi connectivity index (χ4v) is 3.84. The van der Waals surface area contributed by atoms with Crippen molar-refractivity contribution in [2.45, 2.75) is 46.5 Å². The lowest BCUT2D eigenvalue weighted by Gasteiger charge is -2.24. The number of anilines is 1. The van der Waals surface area contributed by atoms with E-state index in [1.165, 1.54) is 18.4 Å². The number of phenols is 1. The molecule has 4 nitrogen and oxygen atoms in total. The van der Waals surface area contributed by atoms with Gasteiger partial charge in [-0.25, -0.2) is 4.98 Å². The lowest BCUT2D eigenvalue weighted by Crippen LogP contribution is -2.24. The molecule has 0 aliphatic carbocycles. The second kappa shape index (κ2) is 11.9. The third-order valence-electron chi connectivity index (χ3n) is 5.36. The van der Waals surface area contributed by atoms with E-state index in [4.69, 9.17) is 0 Å². The summed E-state index contributed by atoms with van der Waals surface area (Å²) in [6.45, 7) is 8.54. The molecule has 0 amide bonds. The summed E-state index contributed by atoms with van der Waals surface area (Å²) in [5.41, 5.74) is 5.12. The Labute approximate surface area is 192 Å². The lowest BCUT2D eigenvalue weighted by molar-refractivity contribution is 0.477. The minimum Gasteiger partial charge on any atom is -0.507 e. The normalized spacial score (nSPS) is 10.6. The van der Waals surface area contributed by atoms with Crippen LogP contribution in [0.1, 0.15) is 45.6 Å². The number of imidazole rings is 1. The van der Waals surface area contributed by atoms with E-state index < -0.39 is 0 Å². The van der Waals surface area contributed by atoms with E-state index in [-0.39, 0.29) is 5.75 Å². The Kier molecular flexibility index (Phi) is 8.73. The first-order valence-corrected chi connectivity index (χ1v) is 11.7. The number of para-hydroxylation sites is 2. The Morgan fingerprint density at radius 2 is 1.50 bits per heavy atom. The predicted molar refractivity (Wildman–Crippen MR) is 136 cm³/mol. The van der Waals surface area contributed by atoms with Crippen molar-refractivity contribution in [3.05, 3.63) is 78.4 Å². The number of nitrogens with zero attached hydrogens (tertiary/aromatic N) is 2. The van der Waals surface area contributed by atoms with Gasteiger partial charge in [-0.3, -0.25) is 0 Å². The molecule has 0 bridgehead atoms. The van der Waals surface area contributed by atoms with Gasteiger partial charge in [0.1, 0.15) is 11.6 Å². The fraction of sp³-hybridized carbons (Fsp3) is 0.321. The minimum atomic E-state index is 0.263. The van der Waals surface area contributed by atoms with Crippen LogP contribution in [0.5, 0.6) is 5.75 Å². The molecular formula is C28H35N3O. The summed E-state index contributed by atoms with van der Waals surface area (Å²) in [7, 11) is 0. The fourth-order valence-electron chi connectivity index (χ4n) is 3.84. The van der Waals surface area contributed by atoms with E-state index in [2.05, 4.69) is 72.0 Å². The van der Waals surface area contributed by atoms with Crippen LogP contribution in [0.25, 0.3) is 22.4 Å². The average Bonchev–Trinajstić information content (AvgIpc) is 3.24. The van der Waals surface area contributed by atoms with Gasteiger partial charge in [-0.1, -0.05) is 69.7 Å². The van der Waals surface area contributed by atoms with E-state index >= 15 is 0 Å². The maximum Gasteiger partial charge on any atom is 0.142 e. The predicted octanol–water partition coefficient (Wildman–Crippen LogP) is 7.20. The van der Waals surface area contributed by atoms with Gasteiger partial charge in [-0.2, -0.15) is 0 Å². The van der Waals surface area contributed by atoms with Crippen LogP contribution in [0.2, 0.25) is 0 Å². The van der Waals surface area contributed by atoms with Gasteiger partial charge in [0.25, 0.3) is 0 Å². The van der Waals surface area contributed by atoms with Gasteiger partial charge in [0.15, 0.2) is 0 Å². The minimum absolute atomic E-state index is 0.263. The zero-order valence-corrected chi connectivity index (χ0v) is 19.5. The molecule has 0 saturated heterocycles. The van der Waals surface area contributed by atoms with Gasteiger partial charge in [-0.05, 0) is 49.1 Å². The first-order chi connectivity index (χ1) is 15.7. The van der Waals surface area contributed by atoms with Crippen molar-refractivity contribution in [3.63, 3.8) is 0 Å². The smallest absolute Gasteiger partial charge is 0.142 e. The molecule has 0 radical (unpaired) electrons. The first-order valence-electron chi connectivity index (χ1n) is 11.7. The summed E-state index contributed by atoms with van der Waals surface area (Å²) in [4.78, 5) is 10.1. The Bertz CT molecular complexity index is 1050. The number of fused-ring (bicyclic) bond motifs is 1. The summed E-state index contributed by atoms with van der Waals surface area (Å²) >= 11 is 0. The van der Waals surface area contributed by atoms with Crippen molar-refractivity contribution in [3.8, 4) is 17.1 Å². The summed E-state index contributed by atoms with van der Waals surface area (Å²) in [5, 5.41) is 10.5. The molecule has 3 aromatic carbocycles. The topological polar surface area (TPSA) is 52.2 Å². The number of benzene rings is 3. The maximum atomic E-state index is 10.5. The van der Waals surface area contributed by atoms with Gasteiger partial charge < -0.3 is 15.0 Å². The second-order valence-corrected chi connectivity index (χ2v) is 8.03. The van der Waals surface area contributed by atoms with Crippen LogP contribution in [-0.4, -0.2) is 28.2 Å². The van der Waals surface area contributed by atoms with Gasteiger partial charge in [0.2, 0.25) is 0 Å². The van der Waals surface area contributed by atoms with Crippen LogP contribution < -0.4 is 4.90 Å². The zero-order chi connectivity index (χ0) is 22.8. The number of aryl methyl sites for hydroxylation is 1. The average molecular weight is 430 g/mol. The van der Waals surface area contributed by atoms with Crippen LogP contribution in [0.3, 0.4) is 0 Å². The molecule has 0 unspecified atom stereocenters. The highest BCUT2D eigenvalue weighted by molar-refractivity contribution is 5.81. The molecule has 1 aromatic heterocycles. The number of aromatic hydroxyl groups is 1. The van der Waals surface area contributed by atoms with Crippen molar-refractivity contribution < 1.29 is 5.11 Å². The number of phenolic OH excluding ortho intramolecular Hbond substituents is 1. The molecule has 32 heavy (non-hydrogen) atoms. The van der Waals surface area contributed by atoms with Crippen molar-refractivity contribution in [2.75, 3.05) is 18.0 Å². The maximum absolute atomic E-state index is 10.5. The molecule has 1 heterocycles. The number of hydrogen-bond acceptors (Lipinski definition) is 3. The quantitative estimate of drug-likeness (QED) is 0.311. The summed E-state index contributed by atoms with van der Waals surface area (Å²) in [6, 6.07) is 24.3. The number of aromatic nitrogens is 2. The van der Waals surface area contributed by atoms with Gasteiger partial charge in [0.05, 0.1) is 16.6 Å². The Hall–Kier alpha value is -3.27. The lowest BCUT2D eigenvalue weighted by atomic mass is 10.1. The molecular weight excluding hydrogens is 394 g/mol. The number of nitrogens with one attached hydrogen (secondary N) is 1. The van der Waals surface area contributed by atoms with Crippen LogP contribution in [-0.2, 0) is 6.42 Å². The Morgan fingerprint density at radius 3 is 2.12 bits per heavy atom. The Morgan fingerprint density at radius 1 is 0.812 bits per heavy atom. The third-order valence-corrected chi connectivity index (χ3v) is 5.36. The highest BCUT2D eigenvalue weighted by Gasteiger charge is 2.12. The van der Waals surface area contributed by atoms with Crippen molar-refractivity contribution in [1.82, 2.24) is 9.97 Å². The van der Waals surface area contributed by atoms with Crippen LogP contribution >= 0.6 is 0 Å². The van der Waals surface area contributed by atoms with Crippen LogP contribution in [0.4, 0.5) is 5.69 Å². The molecule has 0 aliphatic heterocycles. The van der Waals surface area contributed by atoms with E-state index in [1.54, 1.807) is 0 Å². The number of hydrogen-bond donors (Lipinski definition) is 2. The largest absolute Gasteiger partial charge is 0.507 e. The molecule has 4 aromatic rings. The van der Waals surface area contributed by atoms with E-state index in [0.29, 0.717) is 5.82 Å². The molecule has 0 spiro atoms. The molecule has 0 aliphatic rings. The Balaban J connectivity index is 0.000000269. The van der Waals surface area contributed by atoms with Crippen molar-refractivity contribution in [1.29, 1.82) is 0 Å². The van der Waals surface area contributed by atoms with Crippen molar-refractivity contribution in [2.24, 2.45) is 0 Å². The van der Waals surface area contributed by atoms with Gasteiger partial charge in [-0.15, -0.1) is 0 Å². The summed E-state index contributed by atoms with van der Waals surface area (Å²) in [6.07, 6.45) is 4.63. The van der Waals surface area contributed by atoms with Crippen LogP contribution in [0.15, 0.2) is 72.8 Å². The van der Waals surface area contributed by atoms with Gasteiger partial charge >= 0.3 is 0 Å². The van der Waals surface area contributed by atoms with E-state index in [9.17, 15) is 5.11 Å². The molecule has 0 saturated carbocycles. The molecule has 4 rings (SSSR count). The highest BCUT2D eigenvalue weighted by Crippen LogP contribution is 2.32. The molecule has 4 heteroatoms. The summed E-state index contributed by atoms with van der Waals surface area (Å²) < 4.78 is 0. The van der Waals surface area contributed by atoms with Crippen molar-refractivity contribution >= 4 is 16.7 Å². The summed E-state index contributed by atoms with van der Waals surface area (Å²) in [5.74, 6) is 0.964. The molecule has 2 N–H and O–H groups in total.